The maximum atomic E-state index is 6.23. The molecular weight excluding hydrogens is 297 g/mol. The second-order valence-corrected chi connectivity index (χ2v) is 4.83. The zero-order valence-corrected chi connectivity index (χ0v) is 13.2. The lowest BCUT2D eigenvalue weighted by Gasteiger charge is -2.12. The number of hydrogen-bond acceptors (Lipinski definition) is 3. The lowest BCUT2D eigenvalue weighted by Crippen LogP contribution is -2.20. The Bertz CT molecular complexity index is 527. The third-order valence-corrected chi connectivity index (χ3v) is 3.36. The summed E-state index contributed by atoms with van der Waals surface area (Å²) in [7, 11) is 0. The molecule has 5 heteroatoms. The molecule has 2 aromatic rings. The van der Waals surface area contributed by atoms with Gasteiger partial charge in [-0.05, 0) is 37.1 Å². The number of furan rings is 1. The highest BCUT2D eigenvalue weighted by atomic mass is 35.5. The smallest absolute Gasteiger partial charge is 0.141 e. The standard InChI is InChI=1S/C15H18ClNO2.ClH/c1-11-5-6-12(2)15(14(11)16)19-9-7-17-10-13-4-3-8-18-13;/h3-6,8,17H,7,9-10H2,1-2H3;1H. The molecule has 0 aliphatic heterocycles. The minimum Gasteiger partial charge on any atom is -0.490 e. The molecule has 110 valence electrons. The predicted octanol–water partition coefficient (Wildman–Crippen LogP) is 4.14. The second kappa shape index (κ2) is 8.20. The van der Waals surface area contributed by atoms with E-state index in [-0.39, 0.29) is 12.4 Å². The Hall–Kier alpha value is -1.16. The van der Waals surface area contributed by atoms with Crippen molar-refractivity contribution < 1.29 is 9.15 Å². The third kappa shape index (κ3) is 4.44. The van der Waals surface area contributed by atoms with Crippen LogP contribution >= 0.6 is 24.0 Å². The van der Waals surface area contributed by atoms with Crippen molar-refractivity contribution in [2.75, 3.05) is 13.2 Å². The summed E-state index contributed by atoms with van der Waals surface area (Å²) in [5.74, 6) is 1.70. The van der Waals surface area contributed by atoms with Crippen molar-refractivity contribution in [2.24, 2.45) is 0 Å². The van der Waals surface area contributed by atoms with Gasteiger partial charge in [-0.25, -0.2) is 0 Å². The van der Waals surface area contributed by atoms with Crippen LogP contribution in [-0.2, 0) is 6.54 Å². The van der Waals surface area contributed by atoms with E-state index in [1.165, 1.54) is 0 Å². The molecule has 0 atom stereocenters. The van der Waals surface area contributed by atoms with E-state index in [2.05, 4.69) is 5.32 Å². The van der Waals surface area contributed by atoms with Gasteiger partial charge in [0.2, 0.25) is 0 Å². The first-order valence-corrected chi connectivity index (χ1v) is 6.68. The normalized spacial score (nSPS) is 10.2. The Morgan fingerprint density at radius 1 is 1.20 bits per heavy atom. The van der Waals surface area contributed by atoms with Crippen LogP contribution in [0.25, 0.3) is 0 Å². The SMILES string of the molecule is Cc1ccc(C)c(OCCNCc2ccco2)c1Cl.Cl. The maximum absolute atomic E-state index is 6.23. The summed E-state index contributed by atoms with van der Waals surface area (Å²) in [6, 6.07) is 7.84. The number of nitrogens with one attached hydrogen (secondary N) is 1. The highest BCUT2D eigenvalue weighted by Crippen LogP contribution is 2.31. The van der Waals surface area contributed by atoms with Gasteiger partial charge in [-0.15, -0.1) is 12.4 Å². The molecule has 2 rings (SSSR count). The monoisotopic (exact) mass is 315 g/mol. The minimum atomic E-state index is 0. The van der Waals surface area contributed by atoms with Crippen LogP contribution in [0.3, 0.4) is 0 Å². The van der Waals surface area contributed by atoms with Crippen LogP contribution in [0, 0.1) is 13.8 Å². The predicted molar refractivity (Wildman–Crippen MR) is 84.1 cm³/mol. The van der Waals surface area contributed by atoms with Gasteiger partial charge >= 0.3 is 0 Å². The van der Waals surface area contributed by atoms with Crippen LogP contribution in [-0.4, -0.2) is 13.2 Å². The Balaban J connectivity index is 0.00000200. The summed E-state index contributed by atoms with van der Waals surface area (Å²) in [6.07, 6.45) is 1.67. The van der Waals surface area contributed by atoms with E-state index in [1.807, 2.05) is 38.1 Å². The fourth-order valence-electron chi connectivity index (χ4n) is 1.78. The van der Waals surface area contributed by atoms with Gasteiger partial charge in [0.1, 0.15) is 18.1 Å². The van der Waals surface area contributed by atoms with Crippen molar-refractivity contribution in [1.82, 2.24) is 5.32 Å². The van der Waals surface area contributed by atoms with Gasteiger partial charge in [0, 0.05) is 6.54 Å². The van der Waals surface area contributed by atoms with Gasteiger partial charge in [0.15, 0.2) is 0 Å². The van der Waals surface area contributed by atoms with Gasteiger partial charge < -0.3 is 14.5 Å². The molecule has 1 N–H and O–H groups in total. The molecule has 0 spiro atoms. The van der Waals surface area contributed by atoms with Crippen LogP contribution in [0.5, 0.6) is 5.75 Å². The lowest BCUT2D eigenvalue weighted by molar-refractivity contribution is 0.309. The molecule has 1 heterocycles. The molecule has 0 bridgehead atoms. The summed E-state index contributed by atoms with van der Waals surface area (Å²) in [5, 5.41) is 3.95. The number of hydrogen-bond donors (Lipinski definition) is 1. The maximum Gasteiger partial charge on any atom is 0.141 e. The second-order valence-electron chi connectivity index (χ2n) is 4.45. The highest BCUT2D eigenvalue weighted by Gasteiger charge is 2.07. The van der Waals surface area contributed by atoms with E-state index in [1.54, 1.807) is 6.26 Å². The van der Waals surface area contributed by atoms with E-state index >= 15 is 0 Å². The van der Waals surface area contributed by atoms with Gasteiger partial charge in [-0.1, -0.05) is 23.7 Å². The summed E-state index contributed by atoms with van der Waals surface area (Å²) < 4.78 is 11.0. The molecule has 3 nitrogen and oxygen atoms in total. The number of aryl methyl sites for hydroxylation is 2. The largest absolute Gasteiger partial charge is 0.490 e. The van der Waals surface area contributed by atoms with Crippen molar-refractivity contribution >= 4 is 24.0 Å². The van der Waals surface area contributed by atoms with Crippen LogP contribution < -0.4 is 10.1 Å². The Labute approximate surface area is 130 Å². The Kier molecular flexibility index (Phi) is 6.93. The fraction of sp³-hybridized carbons (Fsp3) is 0.333. The molecule has 0 saturated heterocycles. The molecule has 0 radical (unpaired) electrons. The van der Waals surface area contributed by atoms with Gasteiger partial charge in [-0.2, -0.15) is 0 Å². The zero-order chi connectivity index (χ0) is 13.7. The van der Waals surface area contributed by atoms with E-state index in [9.17, 15) is 0 Å². The molecule has 20 heavy (non-hydrogen) atoms. The quantitative estimate of drug-likeness (QED) is 0.813. The van der Waals surface area contributed by atoms with Gasteiger partial charge in [-0.3, -0.25) is 0 Å². The van der Waals surface area contributed by atoms with E-state index in [0.29, 0.717) is 18.2 Å². The van der Waals surface area contributed by atoms with Crippen molar-refractivity contribution in [3.8, 4) is 5.75 Å². The zero-order valence-electron chi connectivity index (χ0n) is 11.6. The summed E-state index contributed by atoms with van der Waals surface area (Å²) in [6.45, 7) is 5.99. The minimum absolute atomic E-state index is 0. The first-order chi connectivity index (χ1) is 9.18. The van der Waals surface area contributed by atoms with Gasteiger partial charge in [0.25, 0.3) is 0 Å². The molecular formula is C15H19Cl2NO2. The number of halogens is 2. The molecule has 1 aromatic heterocycles. The molecule has 0 aliphatic rings. The molecule has 0 aliphatic carbocycles. The van der Waals surface area contributed by atoms with Crippen molar-refractivity contribution in [3.05, 3.63) is 52.4 Å². The summed E-state index contributed by atoms with van der Waals surface area (Å²) in [5.41, 5.74) is 2.09. The van der Waals surface area contributed by atoms with E-state index in [4.69, 9.17) is 20.8 Å². The molecule has 1 aromatic carbocycles. The first kappa shape index (κ1) is 16.9. The number of benzene rings is 1. The summed E-state index contributed by atoms with van der Waals surface area (Å²) in [4.78, 5) is 0. The van der Waals surface area contributed by atoms with Crippen molar-refractivity contribution in [3.63, 3.8) is 0 Å². The molecule has 0 saturated carbocycles. The number of ether oxygens (including phenoxy) is 1. The van der Waals surface area contributed by atoms with Crippen LogP contribution in [0.15, 0.2) is 34.9 Å². The number of rotatable bonds is 6. The molecule has 0 fully saturated rings. The average Bonchev–Trinajstić information content (AvgIpc) is 2.90. The lowest BCUT2D eigenvalue weighted by atomic mass is 10.1. The molecule has 0 unspecified atom stereocenters. The van der Waals surface area contributed by atoms with Crippen LogP contribution in [0.2, 0.25) is 5.02 Å². The third-order valence-electron chi connectivity index (χ3n) is 2.89. The van der Waals surface area contributed by atoms with Crippen molar-refractivity contribution in [2.45, 2.75) is 20.4 Å². The summed E-state index contributed by atoms with van der Waals surface area (Å²) >= 11 is 6.23. The van der Waals surface area contributed by atoms with Crippen LogP contribution in [0.4, 0.5) is 0 Å². The average molecular weight is 316 g/mol. The Morgan fingerprint density at radius 2 is 1.95 bits per heavy atom. The Morgan fingerprint density at radius 3 is 2.65 bits per heavy atom. The van der Waals surface area contributed by atoms with Crippen LogP contribution in [0.1, 0.15) is 16.9 Å². The fourth-order valence-corrected chi connectivity index (χ4v) is 2.04. The topological polar surface area (TPSA) is 34.4 Å². The van der Waals surface area contributed by atoms with E-state index in [0.717, 1.165) is 29.2 Å². The highest BCUT2D eigenvalue weighted by molar-refractivity contribution is 6.32. The first-order valence-electron chi connectivity index (χ1n) is 6.30. The van der Waals surface area contributed by atoms with E-state index < -0.39 is 0 Å². The molecule has 0 amide bonds. The van der Waals surface area contributed by atoms with Gasteiger partial charge in [0.05, 0.1) is 17.8 Å². The van der Waals surface area contributed by atoms with Crippen molar-refractivity contribution in [1.29, 1.82) is 0 Å².